The Labute approximate surface area is 489 Å². The molecule has 6 nitrogen and oxygen atoms in total. The summed E-state index contributed by atoms with van der Waals surface area (Å²) in [5.41, 5.74) is 0. The number of rotatable bonds is 60. The maximum Gasteiger partial charge on any atom is 0.306 e. The average molecular weight is 1100 g/mol. The van der Waals surface area contributed by atoms with Crippen LogP contribution in [-0.2, 0) is 28.6 Å². The van der Waals surface area contributed by atoms with Gasteiger partial charge in [-0.15, -0.1) is 0 Å². The second kappa shape index (κ2) is 66.6. The number of esters is 3. The Morgan fingerprint density at radius 2 is 0.519 bits per heavy atom. The maximum atomic E-state index is 12.9. The first-order valence-electron chi connectivity index (χ1n) is 33.4. The quantitative estimate of drug-likeness (QED) is 0.0261. The number of unbranched alkanes of at least 4 members (excludes halogenated alkanes) is 31. The average Bonchev–Trinajstić information content (AvgIpc) is 3.45. The summed E-state index contributed by atoms with van der Waals surface area (Å²) < 4.78 is 16.8. The normalized spacial score (nSPS) is 12.8. The van der Waals surface area contributed by atoms with E-state index in [4.69, 9.17) is 14.2 Å². The van der Waals surface area contributed by atoms with E-state index < -0.39 is 6.10 Å². The number of allylic oxidation sites excluding steroid dienone is 18. The molecule has 0 heterocycles. The van der Waals surface area contributed by atoms with Gasteiger partial charge in [0.2, 0.25) is 0 Å². The molecule has 0 aliphatic carbocycles. The zero-order valence-electron chi connectivity index (χ0n) is 51.9. The highest BCUT2D eigenvalue weighted by molar-refractivity contribution is 5.71. The van der Waals surface area contributed by atoms with Gasteiger partial charge >= 0.3 is 17.9 Å². The summed E-state index contributed by atoms with van der Waals surface area (Å²) in [6.07, 6.45) is 91.4. The zero-order chi connectivity index (χ0) is 57.1. The van der Waals surface area contributed by atoms with Gasteiger partial charge in [-0.1, -0.05) is 297 Å². The van der Waals surface area contributed by atoms with E-state index in [0.29, 0.717) is 19.3 Å². The van der Waals surface area contributed by atoms with E-state index in [-0.39, 0.29) is 37.5 Å². The van der Waals surface area contributed by atoms with Crippen molar-refractivity contribution >= 4 is 17.9 Å². The predicted molar refractivity (Wildman–Crippen MR) is 343 cm³/mol. The summed E-state index contributed by atoms with van der Waals surface area (Å²) in [7, 11) is 0. The summed E-state index contributed by atoms with van der Waals surface area (Å²) in [5, 5.41) is 0. The summed E-state index contributed by atoms with van der Waals surface area (Å²) in [6, 6.07) is 0. The van der Waals surface area contributed by atoms with E-state index in [2.05, 4.69) is 124 Å². The largest absolute Gasteiger partial charge is 0.462 e. The molecule has 0 N–H and O–H groups in total. The van der Waals surface area contributed by atoms with Crippen molar-refractivity contribution in [3.8, 4) is 0 Å². The summed E-state index contributed by atoms with van der Waals surface area (Å²) in [4.78, 5) is 38.2. The first-order valence-corrected chi connectivity index (χ1v) is 33.4. The first-order chi connectivity index (χ1) is 39.0. The van der Waals surface area contributed by atoms with Crippen LogP contribution in [0.3, 0.4) is 0 Å². The minimum absolute atomic E-state index is 0.101. The van der Waals surface area contributed by atoms with Crippen LogP contribution in [0.1, 0.15) is 316 Å². The van der Waals surface area contributed by atoms with Crippen LogP contribution >= 0.6 is 0 Å². The third-order valence-electron chi connectivity index (χ3n) is 14.3. The third-order valence-corrected chi connectivity index (χ3v) is 14.3. The monoisotopic (exact) mass is 1100 g/mol. The second-order valence-corrected chi connectivity index (χ2v) is 22.0. The molecule has 0 saturated heterocycles. The number of carbonyl (C=O) groups is 3. The fourth-order valence-corrected chi connectivity index (χ4v) is 9.33. The highest BCUT2D eigenvalue weighted by Gasteiger charge is 2.19. The Balaban J connectivity index is 4.17. The van der Waals surface area contributed by atoms with E-state index in [1.165, 1.54) is 167 Å². The van der Waals surface area contributed by atoms with Crippen LogP contribution in [0.15, 0.2) is 109 Å². The summed E-state index contributed by atoms with van der Waals surface area (Å²) >= 11 is 0. The minimum Gasteiger partial charge on any atom is -0.462 e. The van der Waals surface area contributed by atoms with Gasteiger partial charge in [-0.05, 0) is 109 Å². The lowest BCUT2D eigenvalue weighted by molar-refractivity contribution is -0.166. The number of ether oxygens (including phenoxy) is 3. The molecule has 452 valence electrons. The van der Waals surface area contributed by atoms with Crippen molar-refractivity contribution in [1.29, 1.82) is 0 Å². The van der Waals surface area contributed by atoms with Crippen LogP contribution < -0.4 is 0 Å². The van der Waals surface area contributed by atoms with E-state index in [1.807, 2.05) is 6.08 Å². The molecule has 0 radical (unpaired) electrons. The summed E-state index contributed by atoms with van der Waals surface area (Å²) in [5.74, 6) is -0.985. The highest BCUT2D eigenvalue weighted by atomic mass is 16.6. The molecule has 0 rings (SSSR count). The van der Waals surface area contributed by atoms with E-state index in [0.717, 1.165) is 103 Å². The smallest absolute Gasteiger partial charge is 0.306 e. The van der Waals surface area contributed by atoms with Crippen molar-refractivity contribution in [3.63, 3.8) is 0 Å². The molecule has 0 saturated carbocycles. The van der Waals surface area contributed by atoms with Gasteiger partial charge in [-0.3, -0.25) is 14.4 Å². The first kappa shape index (κ1) is 75.1. The van der Waals surface area contributed by atoms with Crippen LogP contribution in [0.2, 0.25) is 0 Å². The van der Waals surface area contributed by atoms with Gasteiger partial charge in [-0.2, -0.15) is 0 Å². The molecule has 6 heteroatoms. The molecule has 79 heavy (non-hydrogen) atoms. The van der Waals surface area contributed by atoms with Crippen molar-refractivity contribution in [2.45, 2.75) is 322 Å². The molecule has 0 bridgehead atoms. The van der Waals surface area contributed by atoms with Gasteiger partial charge in [0.15, 0.2) is 6.10 Å². The standard InChI is InChI=1S/C73H124O6/c1-4-7-10-13-16-19-22-25-27-28-29-30-31-32-33-34-35-36-37-38-39-40-41-42-43-44-46-48-51-54-57-60-63-66-72(75)78-69-70(68-77-71(74)65-62-59-56-53-50-47-24-21-18-15-12-9-6-3)79-73(76)67-64-61-58-55-52-49-45-26-23-20-17-14-11-8-5-2/h7,9-10,12,16,18-19,21,25-27,29-30,45,47,50,56,59,70H,4-6,8,11,13-15,17,20,22-24,28,31-44,46,48-49,51-55,57-58,60-69H2,1-3H3/b10-7-,12-9-,19-16-,21-18-,27-25-,30-29-,45-26-,50-47-,59-56-. The molecule has 0 aromatic rings. The maximum absolute atomic E-state index is 12.9. The van der Waals surface area contributed by atoms with Crippen molar-refractivity contribution in [1.82, 2.24) is 0 Å². The van der Waals surface area contributed by atoms with Crippen molar-refractivity contribution in [3.05, 3.63) is 109 Å². The molecular weight excluding hydrogens is 973 g/mol. The van der Waals surface area contributed by atoms with Gasteiger partial charge in [0.25, 0.3) is 0 Å². The van der Waals surface area contributed by atoms with Crippen molar-refractivity contribution < 1.29 is 28.6 Å². The van der Waals surface area contributed by atoms with Crippen LogP contribution in [0.5, 0.6) is 0 Å². The fourth-order valence-electron chi connectivity index (χ4n) is 9.33. The number of carbonyl (C=O) groups excluding carboxylic acids is 3. The summed E-state index contributed by atoms with van der Waals surface area (Å²) in [6.45, 7) is 6.36. The van der Waals surface area contributed by atoms with Crippen LogP contribution in [0.4, 0.5) is 0 Å². The van der Waals surface area contributed by atoms with Crippen LogP contribution in [-0.4, -0.2) is 37.2 Å². The third kappa shape index (κ3) is 64.8. The predicted octanol–water partition coefficient (Wildman–Crippen LogP) is 23.0. The van der Waals surface area contributed by atoms with Gasteiger partial charge < -0.3 is 14.2 Å². The molecule has 0 aliphatic rings. The Kier molecular flexibility index (Phi) is 63.3. The molecule has 0 spiro atoms. The van der Waals surface area contributed by atoms with E-state index in [1.54, 1.807) is 0 Å². The van der Waals surface area contributed by atoms with Gasteiger partial charge in [0.1, 0.15) is 13.2 Å². The highest BCUT2D eigenvalue weighted by Crippen LogP contribution is 2.17. The Morgan fingerprint density at radius 1 is 0.266 bits per heavy atom. The molecule has 1 unspecified atom stereocenters. The molecule has 0 aromatic heterocycles. The molecular formula is C73H124O6. The lowest BCUT2D eigenvalue weighted by atomic mass is 10.0. The van der Waals surface area contributed by atoms with E-state index >= 15 is 0 Å². The van der Waals surface area contributed by atoms with Crippen LogP contribution in [0, 0.1) is 0 Å². The van der Waals surface area contributed by atoms with Gasteiger partial charge in [0.05, 0.1) is 0 Å². The molecule has 0 aliphatic heterocycles. The Bertz CT molecular complexity index is 1590. The molecule has 0 aromatic carbocycles. The fraction of sp³-hybridized carbons (Fsp3) is 0.712. The topological polar surface area (TPSA) is 78.9 Å². The lowest BCUT2D eigenvalue weighted by Crippen LogP contribution is -2.30. The van der Waals surface area contributed by atoms with E-state index in [9.17, 15) is 14.4 Å². The SMILES string of the molecule is CC/C=C\C/C=C\C/C=C\C/C=C\CCCCCCCCCCCCCCCCCCCCCCC(=O)OCC(COC(=O)CC/C=C\C/C=C\C/C=C\C/C=C\CC)OC(=O)CCCCCCC/C=C\CCCCCCCC. The molecule has 0 amide bonds. The van der Waals surface area contributed by atoms with Gasteiger partial charge in [-0.25, -0.2) is 0 Å². The minimum atomic E-state index is -0.810. The lowest BCUT2D eigenvalue weighted by Gasteiger charge is -2.18. The molecule has 0 fully saturated rings. The van der Waals surface area contributed by atoms with Crippen molar-refractivity contribution in [2.24, 2.45) is 0 Å². The molecule has 1 atom stereocenters. The zero-order valence-corrected chi connectivity index (χ0v) is 51.9. The Morgan fingerprint density at radius 3 is 0.861 bits per heavy atom. The number of hydrogen-bond donors (Lipinski definition) is 0. The number of hydrogen-bond acceptors (Lipinski definition) is 6. The van der Waals surface area contributed by atoms with Crippen LogP contribution in [0.25, 0.3) is 0 Å². The van der Waals surface area contributed by atoms with Crippen molar-refractivity contribution in [2.75, 3.05) is 13.2 Å². The second-order valence-electron chi connectivity index (χ2n) is 22.0. The van der Waals surface area contributed by atoms with Gasteiger partial charge in [0, 0.05) is 19.3 Å². The Hall–Kier alpha value is -3.93.